The van der Waals surface area contributed by atoms with Crippen molar-refractivity contribution in [2.45, 2.75) is 367 Å². The monoisotopic (exact) mass is 1120 g/mol. The van der Waals surface area contributed by atoms with Gasteiger partial charge in [0.2, 0.25) is 0 Å². The molecule has 0 amide bonds. The Bertz CT molecular complexity index is 1470. The predicted molar refractivity (Wildman–Crippen MR) is 348 cm³/mol. The number of hydrogen-bond donors (Lipinski definition) is 0. The van der Waals surface area contributed by atoms with E-state index in [9.17, 15) is 14.4 Å². The molecule has 1 unspecified atom stereocenters. The minimum Gasteiger partial charge on any atom is -0.462 e. The molecule has 0 heterocycles. The van der Waals surface area contributed by atoms with Crippen molar-refractivity contribution in [3.8, 4) is 0 Å². The van der Waals surface area contributed by atoms with Gasteiger partial charge < -0.3 is 14.2 Å². The van der Waals surface area contributed by atoms with Gasteiger partial charge in [-0.25, -0.2) is 0 Å². The van der Waals surface area contributed by atoms with Crippen molar-refractivity contribution in [3.63, 3.8) is 0 Å². The number of allylic oxidation sites excluding steroid dienone is 12. The van der Waals surface area contributed by atoms with Crippen LogP contribution >= 0.6 is 0 Å². The Labute approximate surface area is 497 Å². The van der Waals surface area contributed by atoms with Crippen LogP contribution in [0.1, 0.15) is 361 Å². The van der Waals surface area contributed by atoms with E-state index in [0.717, 1.165) is 109 Å². The molecule has 0 aliphatic heterocycles. The van der Waals surface area contributed by atoms with Crippen LogP contribution in [0.3, 0.4) is 0 Å². The van der Waals surface area contributed by atoms with E-state index in [4.69, 9.17) is 14.2 Å². The van der Waals surface area contributed by atoms with Crippen molar-refractivity contribution >= 4 is 17.9 Å². The molecular weight excluding hydrogens is 985 g/mol. The van der Waals surface area contributed by atoms with Crippen LogP contribution in [0.5, 0.6) is 0 Å². The molecule has 464 valence electrons. The van der Waals surface area contributed by atoms with Crippen molar-refractivity contribution < 1.29 is 28.6 Å². The molecule has 0 aliphatic rings. The quantitative estimate of drug-likeness (QED) is 0.0261. The average molecular weight is 1120 g/mol. The van der Waals surface area contributed by atoms with Crippen molar-refractivity contribution in [2.75, 3.05) is 13.2 Å². The van der Waals surface area contributed by atoms with Crippen LogP contribution in [-0.4, -0.2) is 37.2 Å². The maximum absolute atomic E-state index is 12.9. The van der Waals surface area contributed by atoms with Crippen molar-refractivity contribution in [1.82, 2.24) is 0 Å². The lowest BCUT2D eigenvalue weighted by molar-refractivity contribution is -0.167. The summed E-state index contributed by atoms with van der Waals surface area (Å²) in [4.78, 5) is 38.5. The van der Waals surface area contributed by atoms with Gasteiger partial charge in [-0.3, -0.25) is 14.4 Å². The van der Waals surface area contributed by atoms with Crippen molar-refractivity contribution in [1.29, 1.82) is 0 Å². The van der Waals surface area contributed by atoms with Gasteiger partial charge in [0.25, 0.3) is 0 Å². The number of carbonyl (C=O) groups is 3. The molecule has 0 aromatic rings. The number of rotatable bonds is 64. The zero-order chi connectivity index (χ0) is 57.8. The molecule has 0 saturated heterocycles. The molecule has 0 aromatic heterocycles. The summed E-state index contributed by atoms with van der Waals surface area (Å²) in [5.74, 6) is -0.882. The van der Waals surface area contributed by atoms with Gasteiger partial charge >= 0.3 is 17.9 Å². The normalized spacial score (nSPS) is 12.5. The molecule has 0 spiro atoms. The van der Waals surface area contributed by atoms with Gasteiger partial charge in [-0.15, -0.1) is 0 Å². The molecule has 0 N–H and O–H groups in total. The number of carbonyl (C=O) groups excluding carboxylic acids is 3. The predicted octanol–water partition coefficient (Wildman–Crippen LogP) is 24.1. The zero-order valence-electron chi connectivity index (χ0n) is 53.3. The first-order valence-corrected chi connectivity index (χ1v) is 34.9. The lowest BCUT2D eigenvalue weighted by Gasteiger charge is -2.18. The van der Waals surface area contributed by atoms with E-state index in [2.05, 4.69) is 93.7 Å². The van der Waals surface area contributed by atoms with Crippen LogP contribution < -0.4 is 0 Å². The van der Waals surface area contributed by atoms with Gasteiger partial charge in [0.1, 0.15) is 13.2 Å². The highest BCUT2D eigenvalue weighted by atomic mass is 16.6. The average Bonchev–Trinajstić information content (AvgIpc) is 3.46. The third kappa shape index (κ3) is 65.7. The van der Waals surface area contributed by atoms with Gasteiger partial charge in [-0.2, -0.15) is 0 Å². The fourth-order valence-electron chi connectivity index (χ4n) is 10.2. The third-order valence-electron chi connectivity index (χ3n) is 15.4. The van der Waals surface area contributed by atoms with E-state index < -0.39 is 6.10 Å². The number of ether oxygens (including phenoxy) is 3. The summed E-state index contributed by atoms with van der Waals surface area (Å²) < 4.78 is 17.0. The summed E-state index contributed by atoms with van der Waals surface area (Å²) in [6.07, 6.45) is 89.2. The molecule has 6 heteroatoms. The van der Waals surface area contributed by atoms with E-state index in [1.807, 2.05) is 0 Å². The van der Waals surface area contributed by atoms with Crippen LogP contribution in [0, 0.1) is 0 Å². The fourth-order valence-corrected chi connectivity index (χ4v) is 10.2. The van der Waals surface area contributed by atoms with Crippen LogP contribution in [0.15, 0.2) is 72.9 Å². The van der Waals surface area contributed by atoms with E-state index in [1.54, 1.807) is 0 Å². The largest absolute Gasteiger partial charge is 0.462 e. The molecule has 0 bridgehead atoms. The minimum absolute atomic E-state index is 0.0808. The van der Waals surface area contributed by atoms with E-state index in [1.165, 1.54) is 212 Å². The second-order valence-corrected chi connectivity index (χ2v) is 23.4. The number of esters is 3. The summed E-state index contributed by atoms with van der Waals surface area (Å²) in [6, 6.07) is 0. The SMILES string of the molecule is CC/C=C\C/C=C\C/C=C\C/C=C\CCCCCCCCC(=O)OC(COC(=O)CCCCCCCCC/C=C\C/C=C\CCCCCC)COC(=O)CCCCCCCCCCCCCCCCCCCCCCCCCCC. The molecule has 80 heavy (non-hydrogen) atoms. The Morgan fingerprint density at radius 2 is 0.487 bits per heavy atom. The summed E-state index contributed by atoms with van der Waals surface area (Å²) in [7, 11) is 0. The van der Waals surface area contributed by atoms with Crippen LogP contribution in [0.2, 0.25) is 0 Å². The Morgan fingerprint density at radius 1 is 0.263 bits per heavy atom. The summed E-state index contributed by atoms with van der Waals surface area (Å²) in [5.41, 5.74) is 0. The number of unbranched alkanes of at least 4 members (excludes halogenated alkanes) is 41. The molecule has 0 saturated carbocycles. The topological polar surface area (TPSA) is 78.9 Å². The second-order valence-electron chi connectivity index (χ2n) is 23.4. The summed E-state index contributed by atoms with van der Waals surface area (Å²) in [5, 5.41) is 0. The van der Waals surface area contributed by atoms with Crippen LogP contribution in [0.25, 0.3) is 0 Å². The van der Waals surface area contributed by atoms with Crippen LogP contribution in [-0.2, 0) is 28.6 Å². The van der Waals surface area contributed by atoms with E-state index >= 15 is 0 Å². The van der Waals surface area contributed by atoms with Crippen molar-refractivity contribution in [3.05, 3.63) is 72.9 Å². The maximum atomic E-state index is 12.9. The maximum Gasteiger partial charge on any atom is 0.306 e. The molecule has 0 aromatic carbocycles. The first-order valence-electron chi connectivity index (χ1n) is 34.9. The van der Waals surface area contributed by atoms with Crippen LogP contribution in [0.4, 0.5) is 0 Å². The third-order valence-corrected chi connectivity index (χ3v) is 15.4. The highest BCUT2D eigenvalue weighted by Crippen LogP contribution is 2.18. The molecule has 6 nitrogen and oxygen atoms in total. The van der Waals surface area contributed by atoms with Gasteiger partial charge in [-0.05, 0) is 89.9 Å². The molecule has 0 rings (SSSR count). The highest BCUT2D eigenvalue weighted by Gasteiger charge is 2.19. The van der Waals surface area contributed by atoms with Crippen molar-refractivity contribution in [2.24, 2.45) is 0 Å². The first kappa shape index (κ1) is 76.9. The summed E-state index contributed by atoms with van der Waals surface area (Å²) in [6.45, 7) is 6.55. The summed E-state index contributed by atoms with van der Waals surface area (Å²) >= 11 is 0. The molecule has 0 radical (unpaired) electrons. The molecule has 0 fully saturated rings. The lowest BCUT2D eigenvalue weighted by Crippen LogP contribution is -2.30. The smallest absolute Gasteiger partial charge is 0.306 e. The minimum atomic E-state index is -0.788. The Morgan fingerprint density at radius 3 is 0.775 bits per heavy atom. The zero-order valence-corrected chi connectivity index (χ0v) is 53.3. The Kier molecular flexibility index (Phi) is 65.7. The van der Waals surface area contributed by atoms with Gasteiger partial charge in [0.05, 0.1) is 0 Å². The molecular formula is C74H132O6. The highest BCUT2D eigenvalue weighted by molar-refractivity contribution is 5.71. The Hall–Kier alpha value is -3.15. The molecule has 0 aliphatic carbocycles. The second kappa shape index (κ2) is 68.3. The van der Waals surface area contributed by atoms with E-state index in [0.29, 0.717) is 19.3 Å². The van der Waals surface area contributed by atoms with Gasteiger partial charge in [-0.1, -0.05) is 325 Å². The van der Waals surface area contributed by atoms with Gasteiger partial charge in [0.15, 0.2) is 6.10 Å². The fraction of sp³-hybridized carbons (Fsp3) is 0.797. The first-order chi connectivity index (χ1) is 39.5. The Balaban J connectivity index is 4.33. The number of hydrogen-bond acceptors (Lipinski definition) is 6. The van der Waals surface area contributed by atoms with E-state index in [-0.39, 0.29) is 31.1 Å². The lowest BCUT2D eigenvalue weighted by atomic mass is 10.0. The van der Waals surface area contributed by atoms with Gasteiger partial charge in [0, 0.05) is 19.3 Å². The standard InChI is InChI=1S/C74H132O6/c1-4-7-10-13-16-19-22-25-28-31-34-35-36-37-38-39-41-43-46-49-52-55-58-61-64-67-73(76)79-70-71(69-78-72(75)66-63-60-57-54-51-48-45-42-33-30-27-24-21-18-15-12-9-6-3)80-74(77)68-65-62-59-56-53-50-47-44-40-32-29-26-23-20-17-14-11-8-5-2/h8,11,17,20-21,24,26,29-30,33,40,44,71H,4-7,9-10,12-16,18-19,22-23,25,27-28,31-32,34-39,41-43,45-70H2,1-3H3/b11-8-,20-17-,24-21-,29-26-,33-30-,44-40-. The molecule has 1 atom stereocenters.